The molecule has 1 amide bonds. The first-order chi connectivity index (χ1) is 9.72. The molecule has 0 spiro atoms. The fourth-order valence-electron chi connectivity index (χ4n) is 5.15. The molecule has 0 unspecified atom stereocenters. The SMILES string of the molecule is C[C@H](NC(=O)CCC1CCCCC1)[C@@H]1C[C@@H]2CC[C@@H]1C2. The van der Waals surface area contributed by atoms with Crippen LogP contribution < -0.4 is 5.32 Å². The zero-order valence-electron chi connectivity index (χ0n) is 13.1. The molecule has 20 heavy (non-hydrogen) atoms. The van der Waals surface area contributed by atoms with Crippen molar-refractivity contribution in [2.45, 2.75) is 83.6 Å². The van der Waals surface area contributed by atoms with Crippen LogP contribution >= 0.6 is 0 Å². The Labute approximate surface area is 124 Å². The van der Waals surface area contributed by atoms with Crippen molar-refractivity contribution in [3.63, 3.8) is 0 Å². The lowest BCUT2D eigenvalue weighted by molar-refractivity contribution is -0.122. The third kappa shape index (κ3) is 3.38. The molecule has 0 saturated heterocycles. The van der Waals surface area contributed by atoms with E-state index in [9.17, 15) is 4.79 Å². The van der Waals surface area contributed by atoms with Crippen molar-refractivity contribution in [3.05, 3.63) is 0 Å². The molecule has 0 aromatic carbocycles. The number of carbonyl (C=O) groups excluding carboxylic acids is 1. The van der Waals surface area contributed by atoms with E-state index in [-0.39, 0.29) is 0 Å². The van der Waals surface area contributed by atoms with Gasteiger partial charge in [0.2, 0.25) is 5.91 Å². The lowest BCUT2D eigenvalue weighted by Crippen LogP contribution is -2.40. The summed E-state index contributed by atoms with van der Waals surface area (Å²) >= 11 is 0. The molecule has 4 atom stereocenters. The van der Waals surface area contributed by atoms with Gasteiger partial charge in [-0.1, -0.05) is 38.5 Å². The summed E-state index contributed by atoms with van der Waals surface area (Å²) in [6.45, 7) is 2.24. The van der Waals surface area contributed by atoms with Crippen LogP contribution in [0.25, 0.3) is 0 Å². The van der Waals surface area contributed by atoms with Gasteiger partial charge in [0.1, 0.15) is 0 Å². The van der Waals surface area contributed by atoms with E-state index in [4.69, 9.17) is 0 Å². The van der Waals surface area contributed by atoms with E-state index >= 15 is 0 Å². The van der Waals surface area contributed by atoms with Crippen molar-refractivity contribution in [2.24, 2.45) is 23.7 Å². The van der Waals surface area contributed by atoms with Crippen LogP contribution in [0.15, 0.2) is 0 Å². The van der Waals surface area contributed by atoms with Gasteiger partial charge in [-0.2, -0.15) is 0 Å². The Morgan fingerprint density at radius 1 is 1.10 bits per heavy atom. The highest BCUT2D eigenvalue weighted by Crippen LogP contribution is 2.49. The van der Waals surface area contributed by atoms with Crippen LogP contribution in [-0.4, -0.2) is 11.9 Å². The van der Waals surface area contributed by atoms with Crippen LogP contribution in [0.5, 0.6) is 0 Å². The number of hydrogen-bond acceptors (Lipinski definition) is 1. The molecule has 0 aromatic rings. The summed E-state index contributed by atoms with van der Waals surface area (Å²) in [4.78, 5) is 12.1. The van der Waals surface area contributed by atoms with Crippen LogP contribution in [0.2, 0.25) is 0 Å². The van der Waals surface area contributed by atoms with Crippen LogP contribution in [0, 0.1) is 23.7 Å². The molecule has 3 saturated carbocycles. The van der Waals surface area contributed by atoms with Gasteiger partial charge in [-0.15, -0.1) is 0 Å². The molecule has 2 bridgehead atoms. The normalized spacial score (nSPS) is 35.1. The Kier molecular flexibility index (Phi) is 4.68. The molecular formula is C18H31NO. The predicted molar refractivity (Wildman–Crippen MR) is 82.4 cm³/mol. The maximum absolute atomic E-state index is 12.1. The minimum atomic E-state index is 0.311. The third-order valence-electron chi connectivity index (χ3n) is 6.33. The molecule has 2 heteroatoms. The summed E-state index contributed by atoms with van der Waals surface area (Å²) in [5.41, 5.74) is 0. The highest BCUT2D eigenvalue weighted by atomic mass is 16.1. The zero-order valence-corrected chi connectivity index (χ0v) is 13.1. The third-order valence-corrected chi connectivity index (χ3v) is 6.33. The molecule has 0 radical (unpaired) electrons. The van der Waals surface area contributed by atoms with Crippen molar-refractivity contribution >= 4 is 5.91 Å². The second kappa shape index (κ2) is 6.49. The molecule has 3 aliphatic carbocycles. The van der Waals surface area contributed by atoms with Crippen molar-refractivity contribution in [1.82, 2.24) is 5.32 Å². The minimum Gasteiger partial charge on any atom is -0.353 e. The van der Waals surface area contributed by atoms with E-state index in [1.54, 1.807) is 0 Å². The second-order valence-electron chi connectivity index (χ2n) is 7.74. The minimum absolute atomic E-state index is 0.311. The van der Waals surface area contributed by atoms with Crippen LogP contribution in [0.1, 0.15) is 77.6 Å². The number of nitrogens with one attached hydrogen (secondary N) is 1. The molecule has 0 aromatic heterocycles. The summed E-state index contributed by atoms with van der Waals surface area (Å²) < 4.78 is 0. The average Bonchev–Trinajstić information content (AvgIpc) is 3.09. The van der Waals surface area contributed by atoms with E-state index < -0.39 is 0 Å². The molecule has 3 fully saturated rings. The molecule has 1 N–H and O–H groups in total. The first-order valence-corrected chi connectivity index (χ1v) is 9.01. The van der Waals surface area contributed by atoms with Crippen molar-refractivity contribution in [2.75, 3.05) is 0 Å². The average molecular weight is 277 g/mol. The van der Waals surface area contributed by atoms with Crippen LogP contribution in [0.4, 0.5) is 0 Å². The summed E-state index contributed by atoms with van der Waals surface area (Å²) in [6, 6.07) is 0.407. The van der Waals surface area contributed by atoms with Gasteiger partial charge < -0.3 is 5.32 Å². The maximum Gasteiger partial charge on any atom is 0.220 e. The molecule has 3 rings (SSSR count). The van der Waals surface area contributed by atoms with Gasteiger partial charge in [-0.05, 0) is 56.3 Å². The van der Waals surface area contributed by atoms with Gasteiger partial charge in [-0.3, -0.25) is 4.79 Å². The van der Waals surface area contributed by atoms with E-state index in [2.05, 4.69) is 12.2 Å². The fourth-order valence-corrected chi connectivity index (χ4v) is 5.15. The highest BCUT2D eigenvalue weighted by Gasteiger charge is 2.42. The summed E-state index contributed by atoms with van der Waals surface area (Å²) in [5.74, 6) is 3.80. The largest absolute Gasteiger partial charge is 0.353 e. The highest BCUT2D eigenvalue weighted by molar-refractivity contribution is 5.76. The maximum atomic E-state index is 12.1. The Hall–Kier alpha value is -0.530. The first-order valence-electron chi connectivity index (χ1n) is 9.01. The van der Waals surface area contributed by atoms with Crippen molar-refractivity contribution in [3.8, 4) is 0 Å². The van der Waals surface area contributed by atoms with Gasteiger partial charge in [0.25, 0.3) is 0 Å². The summed E-state index contributed by atoms with van der Waals surface area (Å²) in [5, 5.41) is 3.31. The van der Waals surface area contributed by atoms with Crippen molar-refractivity contribution in [1.29, 1.82) is 0 Å². The second-order valence-corrected chi connectivity index (χ2v) is 7.74. The Morgan fingerprint density at radius 2 is 1.90 bits per heavy atom. The Balaban J connectivity index is 1.37. The van der Waals surface area contributed by atoms with E-state index in [1.165, 1.54) is 57.8 Å². The Bertz CT molecular complexity index is 334. The topological polar surface area (TPSA) is 29.1 Å². The molecular weight excluding hydrogens is 246 g/mol. The van der Waals surface area contributed by atoms with Gasteiger partial charge in [0, 0.05) is 12.5 Å². The number of hydrogen-bond donors (Lipinski definition) is 1. The van der Waals surface area contributed by atoms with Gasteiger partial charge in [0.15, 0.2) is 0 Å². The van der Waals surface area contributed by atoms with Crippen LogP contribution in [0.3, 0.4) is 0 Å². The smallest absolute Gasteiger partial charge is 0.220 e. The van der Waals surface area contributed by atoms with Crippen LogP contribution in [-0.2, 0) is 4.79 Å². The lowest BCUT2D eigenvalue weighted by Gasteiger charge is -2.29. The monoisotopic (exact) mass is 277 g/mol. The first kappa shape index (κ1) is 14.4. The van der Waals surface area contributed by atoms with Gasteiger partial charge >= 0.3 is 0 Å². The number of rotatable bonds is 5. The van der Waals surface area contributed by atoms with E-state index in [0.717, 1.165) is 36.5 Å². The molecule has 0 heterocycles. The zero-order chi connectivity index (χ0) is 13.9. The van der Waals surface area contributed by atoms with E-state index in [0.29, 0.717) is 11.9 Å². The van der Waals surface area contributed by atoms with E-state index in [1.807, 2.05) is 0 Å². The number of fused-ring (bicyclic) bond motifs is 2. The molecule has 3 aliphatic rings. The standard InChI is InChI=1S/C18H31NO/c1-13(17-12-15-7-9-16(17)11-15)19-18(20)10-8-14-5-3-2-4-6-14/h13-17H,2-12H2,1H3,(H,19,20)/t13-,15+,16+,17-/m0/s1. The molecule has 114 valence electrons. The predicted octanol–water partition coefficient (Wildman–Crippen LogP) is 4.29. The van der Waals surface area contributed by atoms with Gasteiger partial charge in [0.05, 0.1) is 0 Å². The summed E-state index contributed by atoms with van der Waals surface area (Å²) in [6.07, 6.45) is 14.4. The molecule has 0 aliphatic heterocycles. The number of amides is 1. The number of carbonyl (C=O) groups is 1. The Morgan fingerprint density at radius 3 is 2.55 bits per heavy atom. The summed E-state index contributed by atoms with van der Waals surface area (Å²) in [7, 11) is 0. The lowest BCUT2D eigenvalue weighted by atomic mass is 9.83. The fraction of sp³-hybridized carbons (Fsp3) is 0.944. The molecule has 2 nitrogen and oxygen atoms in total. The van der Waals surface area contributed by atoms with Gasteiger partial charge in [-0.25, -0.2) is 0 Å². The quantitative estimate of drug-likeness (QED) is 0.798. The van der Waals surface area contributed by atoms with Crippen molar-refractivity contribution < 1.29 is 4.79 Å².